The van der Waals surface area contributed by atoms with Gasteiger partial charge in [-0.1, -0.05) is 27.7 Å². The van der Waals surface area contributed by atoms with Crippen molar-refractivity contribution in [3.05, 3.63) is 0 Å². The number of thioether (sulfide) groups is 2. The quantitative estimate of drug-likeness (QED) is 0.0368. The van der Waals surface area contributed by atoms with Gasteiger partial charge in [0.25, 0.3) is 0 Å². The van der Waals surface area contributed by atoms with Crippen LogP contribution in [0.4, 0.5) is 4.79 Å². The molecule has 2 unspecified atom stereocenters. The average molecular weight is 853 g/mol. The smallest absolute Gasteiger partial charge is 0.407 e. The minimum absolute atomic E-state index is 0.0220. The molecule has 0 bridgehead atoms. The Balaban J connectivity index is 3.76. The Bertz CT molecular complexity index is 964. The van der Waals surface area contributed by atoms with Crippen LogP contribution in [-0.2, 0) is 33.3 Å². The summed E-state index contributed by atoms with van der Waals surface area (Å²) in [7, 11) is 0. The summed E-state index contributed by atoms with van der Waals surface area (Å²) in [4.78, 5) is 52.8. The molecule has 0 rings (SSSR count). The molecule has 336 valence electrons. The van der Waals surface area contributed by atoms with Gasteiger partial charge in [-0.15, -0.1) is 0 Å². The molecule has 2 atom stereocenters. The first-order chi connectivity index (χ1) is 27.1. The van der Waals surface area contributed by atoms with Gasteiger partial charge in [-0.3, -0.25) is 19.3 Å². The third-order valence-corrected chi connectivity index (χ3v) is 10.9. The van der Waals surface area contributed by atoms with Gasteiger partial charge in [0.1, 0.15) is 13.2 Å². The SMILES string of the molecule is CC(C)CCCN(CCCC(=O)OCC(O)CCSCCC(=O)OCCCOC(=O)CCSCCC(O)COC(=O)NCCN(CCNC(C)C)C(C)C)C(C)C. The molecule has 0 fully saturated rings. The molecule has 0 aromatic carbocycles. The molecule has 0 aliphatic heterocycles. The summed E-state index contributed by atoms with van der Waals surface area (Å²) in [6, 6.07) is 1.22. The van der Waals surface area contributed by atoms with Crippen LogP contribution in [0, 0.1) is 5.92 Å². The number of carbonyl (C=O) groups is 4. The Morgan fingerprint density at radius 1 is 0.561 bits per heavy atom. The summed E-state index contributed by atoms with van der Waals surface area (Å²) in [6.45, 7) is 22.3. The van der Waals surface area contributed by atoms with E-state index in [9.17, 15) is 29.4 Å². The third-order valence-electron chi connectivity index (χ3n) is 8.88. The highest BCUT2D eigenvalue weighted by Crippen LogP contribution is 2.11. The molecule has 0 saturated heterocycles. The molecule has 4 N–H and O–H groups in total. The van der Waals surface area contributed by atoms with E-state index in [0.29, 0.717) is 85.8 Å². The number of aliphatic hydroxyl groups is 2. The number of amides is 1. The zero-order valence-electron chi connectivity index (χ0n) is 36.6. The fraction of sp³-hybridized carbons (Fsp3) is 0.902. The summed E-state index contributed by atoms with van der Waals surface area (Å²) >= 11 is 3.03. The zero-order chi connectivity index (χ0) is 42.8. The van der Waals surface area contributed by atoms with Crippen molar-refractivity contribution in [1.82, 2.24) is 20.4 Å². The van der Waals surface area contributed by atoms with Crippen LogP contribution < -0.4 is 10.6 Å². The highest BCUT2D eigenvalue weighted by atomic mass is 32.2. The van der Waals surface area contributed by atoms with E-state index < -0.39 is 18.3 Å². The van der Waals surface area contributed by atoms with Gasteiger partial charge < -0.3 is 44.7 Å². The second kappa shape index (κ2) is 36.1. The highest BCUT2D eigenvalue weighted by molar-refractivity contribution is 7.99. The number of ether oxygens (including phenoxy) is 4. The first kappa shape index (κ1) is 55.2. The summed E-state index contributed by atoms with van der Waals surface area (Å²) in [6.07, 6.45) is 3.10. The molecule has 0 aromatic rings. The van der Waals surface area contributed by atoms with E-state index in [1.165, 1.54) is 29.9 Å². The Labute approximate surface area is 353 Å². The van der Waals surface area contributed by atoms with E-state index >= 15 is 0 Å². The molecule has 57 heavy (non-hydrogen) atoms. The molecule has 0 aromatic heterocycles. The van der Waals surface area contributed by atoms with E-state index in [4.69, 9.17) is 18.9 Å². The Hall–Kier alpha value is -1.82. The number of esters is 3. The number of alkyl carbamates (subject to hydrolysis) is 1. The number of aliphatic hydroxyl groups excluding tert-OH is 2. The number of nitrogens with zero attached hydrogens (tertiary/aromatic N) is 2. The Kier molecular flexibility index (Phi) is 34.9. The Morgan fingerprint density at radius 3 is 1.58 bits per heavy atom. The van der Waals surface area contributed by atoms with E-state index in [2.05, 4.69) is 75.8 Å². The van der Waals surface area contributed by atoms with Crippen molar-refractivity contribution in [1.29, 1.82) is 0 Å². The number of carbonyl (C=O) groups excluding carboxylic acids is 4. The van der Waals surface area contributed by atoms with Gasteiger partial charge in [0.05, 0.1) is 38.3 Å². The normalized spacial score (nSPS) is 12.8. The summed E-state index contributed by atoms with van der Waals surface area (Å²) in [5.41, 5.74) is 0. The number of hydrogen-bond acceptors (Lipinski definition) is 15. The largest absolute Gasteiger partial charge is 0.466 e. The van der Waals surface area contributed by atoms with Crippen LogP contribution in [0.25, 0.3) is 0 Å². The molecule has 0 saturated carbocycles. The second-order valence-corrected chi connectivity index (χ2v) is 18.1. The van der Waals surface area contributed by atoms with Gasteiger partial charge in [0, 0.05) is 68.7 Å². The van der Waals surface area contributed by atoms with E-state index in [1.807, 2.05) is 0 Å². The topological polar surface area (TPSA) is 176 Å². The van der Waals surface area contributed by atoms with Crippen molar-refractivity contribution in [3.8, 4) is 0 Å². The van der Waals surface area contributed by atoms with Gasteiger partial charge in [-0.2, -0.15) is 23.5 Å². The van der Waals surface area contributed by atoms with E-state index in [1.54, 1.807) is 0 Å². The molecule has 0 heterocycles. The molecule has 14 nitrogen and oxygen atoms in total. The lowest BCUT2D eigenvalue weighted by atomic mass is 10.1. The zero-order valence-corrected chi connectivity index (χ0v) is 38.2. The third kappa shape index (κ3) is 35.8. The number of hydrogen-bond donors (Lipinski definition) is 4. The lowest BCUT2D eigenvalue weighted by molar-refractivity contribution is -0.147. The standard InChI is InChI=1S/C41H80N4O10S2/c1-32(2)12-9-20-44(34(5)6)21-10-13-38(48)54-30-36(46)14-26-56-28-16-39(49)52-24-11-25-53-40(50)17-29-57-27-15-37(47)31-55-41(51)43-19-23-45(35(7)8)22-18-42-33(3)4/h32-37,42,46-47H,9-31H2,1-8H3,(H,43,51). The maximum Gasteiger partial charge on any atom is 0.407 e. The molecule has 0 aliphatic rings. The summed E-state index contributed by atoms with van der Waals surface area (Å²) in [5.74, 6) is 2.06. The maximum atomic E-state index is 12.1. The van der Waals surface area contributed by atoms with Crippen LogP contribution in [0.5, 0.6) is 0 Å². The molecule has 0 spiro atoms. The fourth-order valence-electron chi connectivity index (χ4n) is 5.36. The molecule has 0 aliphatic carbocycles. The van der Waals surface area contributed by atoms with Crippen molar-refractivity contribution in [3.63, 3.8) is 0 Å². The number of nitrogens with one attached hydrogen (secondary N) is 2. The molecule has 16 heteroatoms. The van der Waals surface area contributed by atoms with Crippen LogP contribution in [0.1, 0.15) is 113 Å². The predicted molar refractivity (Wildman–Crippen MR) is 232 cm³/mol. The van der Waals surface area contributed by atoms with Crippen LogP contribution in [0.3, 0.4) is 0 Å². The summed E-state index contributed by atoms with van der Waals surface area (Å²) < 4.78 is 20.8. The van der Waals surface area contributed by atoms with Crippen LogP contribution in [0.2, 0.25) is 0 Å². The molecular weight excluding hydrogens is 773 g/mol. The van der Waals surface area contributed by atoms with Crippen molar-refractivity contribution < 1.29 is 48.3 Å². The van der Waals surface area contributed by atoms with Crippen molar-refractivity contribution >= 4 is 47.5 Å². The lowest BCUT2D eigenvalue weighted by Gasteiger charge is -2.27. The highest BCUT2D eigenvalue weighted by Gasteiger charge is 2.15. The molecule has 0 radical (unpaired) electrons. The van der Waals surface area contributed by atoms with Gasteiger partial charge in [0.15, 0.2) is 0 Å². The summed E-state index contributed by atoms with van der Waals surface area (Å²) in [5, 5.41) is 26.5. The van der Waals surface area contributed by atoms with Gasteiger partial charge in [-0.25, -0.2) is 4.79 Å². The van der Waals surface area contributed by atoms with Gasteiger partial charge in [0.2, 0.25) is 0 Å². The van der Waals surface area contributed by atoms with Gasteiger partial charge >= 0.3 is 24.0 Å². The van der Waals surface area contributed by atoms with Crippen molar-refractivity contribution in [2.24, 2.45) is 5.92 Å². The van der Waals surface area contributed by atoms with Gasteiger partial charge in [-0.05, 0) is 90.3 Å². The van der Waals surface area contributed by atoms with Crippen molar-refractivity contribution in [2.45, 2.75) is 144 Å². The first-order valence-electron chi connectivity index (χ1n) is 21.2. The second-order valence-electron chi connectivity index (χ2n) is 15.6. The monoisotopic (exact) mass is 853 g/mol. The van der Waals surface area contributed by atoms with Crippen LogP contribution in [-0.4, -0.2) is 163 Å². The minimum Gasteiger partial charge on any atom is -0.466 e. The van der Waals surface area contributed by atoms with Crippen LogP contribution >= 0.6 is 23.5 Å². The van der Waals surface area contributed by atoms with E-state index in [0.717, 1.165) is 39.0 Å². The maximum absolute atomic E-state index is 12.1. The number of rotatable bonds is 37. The minimum atomic E-state index is -0.785. The average Bonchev–Trinajstić information content (AvgIpc) is 3.14. The lowest BCUT2D eigenvalue weighted by Crippen LogP contribution is -2.43. The molecule has 1 amide bonds. The van der Waals surface area contributed by atoms with Crippen LogP contribution in [0.15, 0.2) is 0 Å². The fourth-order valence-corrected chi connectivity index (χ4v) is 7.27. The predicted octanol–water partition coefficient (Wildman–Crippen LogP) is 5.12. The van der Waals surface area contributed by atoms with Crippen molar-refractivity contribution in [2.75, 3.05) is 88.7 Å². The Morgan fingerprint density at radius 2 is 1.05 bits per heavy atom. The first-order valence-corrected chi connectivity index (χ1v) is 23.5. The van der Waals surface area contributed by atoms with E-state index in [-0.39, 0.29) is 57.2 Å². The molecular formula is C41H80N4O10S2.